The Morgan fingerprint density at radius 3 is 2.18 bits per heavy atom. The van der Waals surface area contributed by atoms with Crippen LogP contribution in [0.5, 0.6) is 5.75 Å². The van der Waals surface area contributed by atoms with Crippen LogP contribution in [0, 0.1) is 0 Å². The van der Waals surface area contributed by atoms with Gasteiger partial charge in [0.15, 0.2) is 6.29 Å². The largest absolute Gasteiger partial charge is 0.507 e. The standard InChI is InChI=1S/C23H32Cl3NO6/c1-21(2,3)12-7-11(15(29)13(8-12)22(4,5)6)9-27-10-14(28)17-16(30)18-19(31-17)33-20(32-18)23(24,25)26/h7-9,14,16-20,28-30H,10H2,1-6H3/t14?,16-,17+,18+,19-,20?/m0/s1. The van der Waals surface area contributed by atoms with E-state index < -0.39 is 40.8 Å². The fourth-order valence-corrected chi connectivity index (χ4v) is 4.12. The number of aromatic hydroxyl groups is 1. The van der Waals surface area contributed by atoms with E-state index in [1.807, 2.05) is 32.9 Å². The molecule has 3 N–H and O–H groups in total. The van der Waals surface area contributed by atoms with Gasteiger partial charge in [-0.25, -0.2) is 0 Å². The van der Waals surface area contributed by atoms with Gasteiger partial charge >= 0.3 is 0 Å². The summed E-state index contributed by atoms with van der Waals surface area (Å²) >= 11 is 17.3. The molecule has 2 aliphatic heterocycles. The molecule has 2 saturated heterocycles. The first-order chi connectivity index (χ1) is 15.0. The Kier molecular flexibility index (Phi) is 7.70. The summed E-state index contributed by atoms with van der Waals surface area (Å²) in [5.74, 6) is 0.153. The summed E-state index contributed by atoms with van der Waals surface area (Å²) in [7, 11) is 0. The summed E-state index contributed by atoms with van der Waals surface area (Å²) in [5.41, 5.74) is 2.04. The van der Waals surface area contributed by atoms with Crippen molar-refractivity contribution in [2.45, 2.75) is 93.2 Å². The molecule has 2 fully saturated rings. The number of phenols is 1. The summed E-state index contributed by atoms with van der Waals surface area (Å²) in [6, 6.07) is 3.91. The van der Waals surface area contributed by atoms with E-state index in [1.54, 1.807) is 0 Å². The third-order valence-electron chi connectivity index (χ3n) is 5.75. The van der Waals surface area contributed by atoms with E-state index in [-0.39, 0.29) is 23.1 Å². The van der Waals surface area contributed by atoms with Crippen LogP contribution < -0.4 is 0 Å². The number of benzene rings is 1. The van der Waals surface area contributed by atoms with Gasteiger partial charge in [0.1, 0.15) is 30.2 Å². The number of halogens is 3. The molecule has 0 spiro atoms. The molecule has 6 atom stereocenters. The lowest BCUT2D eigenvalue weighted by molar-refractivity contribution is -0.183. The molecule has 2 heterocycles. The van der Waals surface area contributed by atoms with Crippen molar-refractivity contribution in [1.29, 1.82) is 0 Å². The number of hydrogen-bond donors (Lipinski definition) is 3. The van der Waals surface area contributed by atoms with Gasteiger partial charge < -0.3 is 29.5 Å². The summed E-state index contributed by atoms with van der Waals surface area (Å²) in [5, 5.41) is 31.9. The van der Waals surface area contributed by atoms with Gasteiger partial charge in [0.25, 0.3) is 0 Å². The summed E-state index contributed by atoms with van der Waals surface area (Å²) in [4.78, 5) is 4.30. The second kappa shape index (κ2) is 9.43. The summed E-state index contributed by atoms with van der Waals surface area (Å²) in [6.45, 7) is 12.3. The SMILES string of the molecule is CC(C)(C)c1cc(C=NCC(O)[C@H]2O[C@H]3OC(C(Cl)(Cl)Cl)O[C@@H]3[C@H]2O)c(O)c(C(C)(C)C)c1. The van der Waals surface area contributed by atoms with Gasteiger partial charge in [-0.15, -0.1) is 0 Å². The number of aliphatic hydroxyl groups excluding tert-OH is 2. The lowest BCUT2D eigenvalue weighted by Crippen LogP contribution is -2.42. The summed E-state index contributed by atoms with van der Waals surface area (Å²) in [6.07, 6.45) is -4.84. The van der Waals surface area contributed by atoms with Crippen molar-refractivity contribution < 1.29 is 29.5 Å². The number of rotatable bonds is 4. The number of nitrogens with zero attached hydrogens (tertiary/aromatic N) is 1. The average Bonchev–Trinajstić information content (AvgIpc) is 3.21. The molecule has 33 heavy (non-hydrogen) atoms. The van der Waals surface area contributed by atoms with Crippen LogP contribution in [0.4, 0.5) is 0 Å². The molecule has 0 amide bonds. The summed E-state index contributed by atoms with van der Waals surface area (Å²) < 4.78 is 14.6. The number of alkyl halides is 3. The number of aliphatic hydroxyl groups is 2. The van der Waals surface area contributed by atoms with Crippen LogP contribution in [0.3, 0.4) is 0 Å². The van der Waals surface area contributed by atoms with E-state index in [1.165, 1.54) is 6.21 Å². The topological polar surface area (TPSA) is 101 Å². The van der Waals surface area contributed by atoms with Crippen molar-refractivity contribution in [2.24, 2.45) is 4.99 Å². The molecule has 2 aliphatic rings. The Hall–Kier alpha value is -0.640. The first-order valence-corrected chi connectivity index (χ1v) is 11.9. The lowest BCUT2D eigenvalue weighted by Gasteiger charge is -2.27. The molecule has 0 bridgehead atoms. The van der Waals surface area contributed by atoms with Gasteiger partial charge in [0, 0.05) is 17.3 Å². The van der Waals surface area contributed by atoms with E-state index in [9.17, 15) is 15.3 Å². The van der Waals surface area contributed by atoms with Crippen molar-refractivity contribution in [2.75, 3.05) is 6.54 Å². The minimum atomic E-state index is -1.83. The lowest BCUT2D eigenvalue weighted by atomic mass is 9.79. The molecule has 1 aromatic rings. The third-order valence-corrected chi connectivity index (χ3v) is 6.29. The molecule has 3 rings (SSSR count). The normalized spacial score (nSPS) is 29.6. The Morgan fingerprint density at radius 1 is 1.03 bits per heavy atom. The van der Waals surface area contributed by atoms with E-state index >= 15 is 0 Å². The maximum atomic E-state index is 10.8. The molecule has 0 saturated carbocycles. The predicted molar refractivity (Wildman–Crippen MR) is 129 cm³/mol. The average molecular weight is 525 g/mol. The highest BCUT2D eigenvalue weighted by molar-refractivity contribution is 6.67. The smallest absolute Gasteiger partial charge is 0.241 e. The van der Waals surface area contributed by atoms with E-state index in [4.69, 9.17) is 49.0 Å². The minimum absolute atomic E-state index is 0.0703. The maximum absolute atomic E-state index is 10.8. The van der Waals surface area contributed by atoms with Gasteiger partial charge in [-0.1, -0.05) is 82.4 Å². The molecule has 10 heteroatoms. The van der Waals surface area contributed by atoms with Gasteiger partial charge in [-0.05, 0) is 22.5 Å². The zero-order valence-electron chi connectivity index (χ0n) is 19.6. The van der Waals surface area contributed by atoms with Crippen LogP contribution in [0.1, 0.15) is 58.2 Å². The van der Waals surface area contributed by atoms with Gasteiger partial charge in [0.05, 0.1) is 6.54 Å². The molecular formula is C23H32Cl3NO6. The molecule has 0 aromatic heterocycles. The van der Waals surface area contributed by atoms with Crippen LogP contribution >= 0.6 is 34.8 Å². The monoisotopic (exact) mass is 523 g/mol. The Balaban J connectivity index is 1.72. The zero-order chi connectivity index (χ0) is 24.9. The zero-order valence-corrected chi connectivity index (χ0v) is 21.8. The predicted octanol–water partition coefficient (Wildman–Crippen LogP) is 3.96. The van der Waals surface area contributed by atoms with Crippen LogP contribution in [-0.4, -0.2) is 68.9 Å². The molecule has 1 aromatic carbocycles. The fourth-order valence-electron chi connectivity index (χ4n) is 3.81. The second-order valence-electron chi connectivity index (χ2n) is 10.6. The number of aliphatic imine (C=N–C) groups is 1. The van der Waals surface area contributed by atoms with Gasteiger partial charge in [-0.2, -0.15) is 0 Å². The number of hydrogen-bond acceptors (Lipinski definition) is 7. The number of ether oxygens (including phenoxy) is 3. The van der Waals surface area contributed by atoms with Crippen molar-refractivity contribution in [3.05, 3.63) is 28.8 Å². The maximum Gasteiger partial charge on any atom is 0.241 e. The van der Waals surface area contributed by atoms with Crippen LogP contribution in [0.25, 0.3) is 0 Å². The van der Waals surface area contributed by atoms with Crippen LogP contribution in [0.15, 0.2) is 17.1 Å². The molecule has 2 unspecified atom stereocenters. The van der Waals surface area contributed by atoms with Crippen molar-refractivity contribution in [3.63, 3.8) is 0 Å². The van der Waals surface area contributed by atoms with Gasteiger partial charge in [0.2, 0.25) is 10.1 Å². The first kappa shape index (κ1) is 27.0. The highest BCUT2D eigenvalue weighted by atomic mass is 35.6. The molecular weight excluding hydrogens is 493 g/mol. The van der Waals surface area contributed by atoms with Crippen LogP contribution in [-0.2, 0) is 25.0 Å². The minimum Gasteiger partial charge on any atom is -0.507 e. The van der Waals surface area contributed by atoms with Crippen LogP contribution in [0.2, 0.25) is 0 Å². The van der Waals surface area contributed by atoms with Crippen molar-refractivity contribution >= 4 is 41.0 Å². The molecule has 186 valence electrons. The quantitative estimate of drug-likeness (QED) is 0.407. The van der Waals surface area contributed by atoms with Gasteiger partial charge in [-0.3, -0.25) is 4.99 Å². The van der Waals surface area contributed by atoms with E-state index in [2.05, 4.69) is 25.8 Å². The van der Waals surface area contributed by atoms with Crippen molar-refractivity contribution in [3.8, 4) is 5.75 Å². The molecule has 0 radical (unpaired) electrons. The molecule has 7 nitrogen and oxygen atoms in total. The fraction of sp³-hybridized carbons (Fsp3) is 0.696. The third kappa shape index (κ3) is 5.96. The van der Waals surface area contributed by atoms with Crippen molar-refractivity contribution in [1.82, 2.24) is 0 Å². The number of phenolic OH excluding ortho intramolecular Hbond substituents is 1. The Bertz CT molecular complexity index is 890. The number of fused-ring (bicyclic) bond motifs is 1. The highest BCUT2D eigenvalue weighted by Gasteiger charge is 2.57. The molecule has 0 aliphatic carbocycles. The first-order valence-electron chi connectivity index (χ1n) is 10.8. The Morgan fingerprint density at radius 2 is 1.67 bits per heavy atom. The Labute approximate surface area is 209 Å². The van der Waals surface area contributed by atoms with E-state index in [0.29, 0.717) is 5.56 Å². The second-order valence-corrected chi connectivity index (χ2v) is 13.0. The highest BCUT2D eigenvalue weighted by Crippen LogP contribution is 2.43. The van der Waals surface area contributed by atoms with E-state index in [0.717, 1.165) is 11.1 Å².